The van der Waals surface area contributed by atoms with Crippen LogP contribution < -0.4 is 5.32 Å². The van der Waals surface area contributed by atoms with Crippen molar-refractivity contribution in [2.45, 2.75) is 95.3 Å². The zero-order chi connectivity index (χ0) is 26.8. The van der Waals surface area contributed by atoms with Crippen LogP contribution in [0.3, 0.4) is 0 Å². The van der Waals surface area contributed by atoms with Gasteiger partial charge in [0.25, 0.3) is 5.91 Å². The second-order valence-corrected chi connectivity index (χ2v) is 10.6. The molecule has 0 aromatic heterocycles. The van der Waals surface area contributed by atoms with E-state index in [1.165, 1.54) is 14.2 Å². The van der Waals surface area contributed by atoms with Crippen LogP contribution in [0.5, 0.6) is 0 Å². The lowest BCUT2D eigenvalue weighted by Crippen LogP contribution is -2.69. The minimum absolute atomic E-state index is 0.0554. The molecule has 3 N–H and O–H groups in total. The third-order valence-electron chi connectivity index (χ3n) is 8.08. The van der Waals surface area contributed by atoms with Crippen molar-refractivity contribution in [2.75, 3.05) is 34.7 Å². The Balaban J connectivity index is 1.80. The Labute approximate surface area is 213 Å². The van der Waals surface area contributed by atoms with Crippen LogP contribution in [0.1, 0.15) is 40.5 Å². The molecule has 1 amide bonds. The predicted molar refractivity (Wildman–Crippen MR) is 128 cm³/mol. The van der Waals surface area contributed by atoms with Gasteiger partial charge in [-0.3, -0.25) is 4.79 Å². The standard InChI is InChI=1S/C25H43NO10/c1-13-10-25(32-8,36-15(3)14(13)2)20(28)22(29)26-23-19-18(33-12-34-23)21(31-7)24(4,5)17(35-19)9-16(11-27)30-6/h14-21,23,27-28H,1,9-12H2,2-8H3,(H,26,29)/t14-,15-,16-,17-,18+,19+,20-,21-,23+,25-/m1/s1. The quantitative estimate of drug-likeness (QED) is 0.376. The largest absolute Gasteiger partial charge is 0.394 e. The van der Waals surface area contributed by atoms with Crippen molar-refractivity contribution in [3.05, 3.63) is 12.2 Å². The van der Waals surface area contributed by atoms with Gasteiger partial charge in [-0.1, -0.05) is 32.9 Å². The minimum atomic E-state index is -1.65. The molecule has 208 valence electrons. The number of hydrogen-bond donors (Lipinski definition) is 3. The van der Waals surface area contributed by atoms with Crippen LogP contribution in [-0.2, 0) is 38.0 Å². The molecule has 3 aliphatic heterocycles. The number of ether oxygens (including phenoxy) is 7. The van der Waals surface area contributed by atoms with E-state index in [0.29, 0.717) is 6.42 Å². The first-order chi connectivity index (χ1) is 16.9. The maximum atomic E-state index is 13.3. The molecule has 0 aromatic rings. The van der Waals surface area contributed by atoms with E-state index >= 15 is 0 Å². The average Bonchev–Trinajstić information content (AvgIpc) is 2.85. The summed E-state index contributed by atoms with van der Waals surface area (Å²) in [5.74, 6) is -2.25. The smallest absolute Gasteiger partial charge is 0.256 e. The van der Waals surface area contributed by atoms with E-state index < -0.39 is 60.0 Å². The summed E-state index contributed by atoms with van der Waals surface area (Å²) < 4.78 is 40.7. The summed E-state index contributed by atoms with van der Waals surface area (Å²) in [5, 5.41) is 23.5. The highest BCUT2D eigenvalue weighted by Crippen LogP contribution is 2.44. The zero-order valence-corrected chi connectivity index (χ0v) is 22.4. The van der Waals surface area contributed by atoms with E-state index in [1.807, 2.05) is 27.7 Å². The zero-order valence-electron chi connectivity index (χ0n) is 22.4. The number of carbonyl (C=O) groups is 1. The predicted octanol–water partition coefficient (Wildman–Crippen LogP) is 0.712. The summed E-state index contributed by atoms with van der Waals surface area (Å²) in [6, 6.07) is 0. The molecule has 0 radical (unpaired) electrons. The number of aliphatic hydroxyl groups excluding tert-OH is 2. The Hall–Kier alpha value is -1.15. The molecule has 11 nitrogen and oxygen atoms in total. The summed E-state index contributed by atoms with van der Waals surface area (Å²) in [5.41, 5.74) is 0.321. The molecule has 0 spiro atoms. The van der Waals surface area contributed by atoms with Crippen LogP contribution in [0, 0.1) is 11.3 Å². The Morgan fingerprint density at radius 2 is 1.92 bits per heavy atom. The Kier molecular flexibility index (Phi) is 9.57. The summed E-state index contributed by atoms with van der Waals surface area (Å²) >= 11 is 0. The van der Waals surface area contributed by atoms with Crippen molar-refractivity contribution in [1.29, 1.82) is 0 Å². The maximum absolute atomic E-state index is 13.3. The van der Waals surface area contributed by atoms with Crippen molar-refractivity contribution >= 4 is 5.91 Å². The van der Waals surface area contributed by atoms with Gasteiger partial charge in [-0.2, -0.15) is 0 Å². The van der Waals surface area contributed by atoms with Crippen molar-refractivity contribution in [3.63, 3.8) is 0 Å². The molecule has 0 bridgehead atoms. The lowest BCUT2D eigenvalue weighted by molar-refractivity contribution is -0.333. The number of methoxy groups -OCH3 is 3. The third kappa shape index (κ3) is 5.50. The van der Waals surface area contributed by atoms with E-state index in [4.69, 9.17) is 33.2 Å². The normalized spacial score (nSPS) is 40.2. The first kappa shape index (κ1) is 29.4. The number of amides is 1. The Morgan fingerprint density at radius 3 is 2.47 bits per heavy atom. The molecule has 3 rings (SSSR count). The molecule has 11 heteroatoms. The second-order valence-electron chi connectivity index (χ2n) is 10.6. The first-order valence-electron chi connectivity index (χ1n) is 12.4. The Bertz CT molecular complexity index is 774. The highest BCUT2D eigenvalue weighted by atomic mass is 16.7. The molecule has 0 saturated carbocycles. The molecule has 3 heterocycles. The molecule has 36 heavy (non-hydrogen) atoms. The highest BCUT2D eigenvalue weighted by Gasteiger charge is 2.57. The van der Waals surface area contributed by atoms with Crippen molar-refractivity contribution in [1.82, 2.24) is 5.32 Å². The lowest BCUT2D eigenvalue weighted by atomic mass is 9.72. The topological polar surface area (TPSA) is 134 Å². The summed E-state index contributed by atoms with van der Waals surface area (Å²) in [6.07, 6.45) is -4.86. The van der Waals surface area contributed by atoms with Crippen LogP contribution >= 0.6 is 0 Å². The van der Waals surface area contributed by atoms with Crippen LogP contribution in [0.15, 0.2) is 12.2 Å². The van der Waals surface area contributed by atoms with E-state index in [2.05, 4.69) is 11.9 Å². The van der Waals surface area contributed by atoms with Crippen LogP contribution in [0.4, 0.5) is 0 Å². The van der Waals surface area contributed by atoms with Gasteiger partial charge in [0.2, 0.25) is 5.79 Å². The molecular formula is C25H43NO10. The number of fused-ring (bicyclic) bond motifs is 1. The Morgan fingerprint density at radius 1 is 1.22 bits per heavy atom. The summed E-state index contributed by atoms with van der Waals surface area (Å²) in [6.45, 7) is 11.6. The van der Waals surface area contributed by atoms with E-state index in [9.17, 15) is 15.0 Å². The number of rotatable bonds is 9. The van der Waals surface area contributed by atoms with Gasteiger partial charge < -0.3 is 48.7 Å². The van der Waals surface area contributed by atoms with E-state index in [0.717, 1.165) is 5.57 Å². The summed E-state index contributed by atoms with van der Waals surface area (Å²) in [7, 11) is 4.51. The molecule has 3 saturated heterocycles. The van der Waals surface area contributed by atoms with Crippen LogP contribution in [-0.4, -0.2) is 106 Å². The molecule has 3 aliphatic rings. The minimum Gasteiger partial charge on any atom is -0.394 e. The van der Waals surface area contributed by atoms with Gasteiger partial charge in [0.1, 0.15) is 19.0 Å². The van der Waals surface area contributed by atoms with Gasteiger partial charge in [0.05, 0.1) is 31.0 Å². The fourth-order valence-electron chi connectivity index (χ4n) is 5.42. The fraction of sp³-hybridized carbons (Fsp3) is 0.880. The van der Waals surface area contributed by atoms with Gasteiger partial charge in [0, 0.05) is 45.5 Å². The second kappa shape index (κ2) is 11.7. The third-order valence-corrected chi connectivity index (χ3v) is 8.08. The number of hydrogen-bond acceptors (Lipinski definition) is 10. The van der Waals surface area contributed by atoms with Crippen molar-refractivity contribution in [2.24, 2.45) is 11.3 Å². The lowest BCUT2D eigenvalue weighted by Gasteiger charge is -2.54. The molecule has 0 aromatic carbocycles. The van der Waals surface area contributed by atoms with Gasteiger partial charge >= 0.3 is 0 Å². The van der Waals surface area contributed by atoms with Gasteiger partial charge in [0.15, 0.2) is 12.3 Å². The number of aliphatic hydroxyl groups is 2. The molecule has 0 aliphatic carbocycles. The van der Waals surface area contributed by atoms with Crippen molar-refractivity contribution in [3.8, 4) is 0 Å². The molecule has 10 atom stereocenters. The SMILES string of the molecule is C=C1C[C@](OC)([C@H](O)C(=O)N[C@H]2OCO[C@H]3[C@@H]2O[C@H](C[C@H](CO)OC)C(C)(C)[C@@H]3OC)O[C@H](C)[C@@H]1C. The number of carbonyl (C=O) groups excluding carboxylic acids is 1. The molecule has 3 fully saturated rings. The molecular weight excluding hydrogens is 474 g/mol. The summed E-state index contributed by atoms with van der Waals surface area (Å²) in [4.78, 5) is 13.3. The van der Waals surface area contributed by atoms with Crippen LogP contribution in [0.2, 0.25) is 0 Å². The number of nitrogens with one attached hydrogen (secondary N) is 1. The van der Waals surface area contributed by atoms with E-state index in [-0.39, 0.29) is 31.8 Å². The van der Waals surface area contributed by atoms with Crippen LogP contribution in [0.25, 0.3) is 0 Å². The first-order valence-corrected chi connectivity index (χ1v) is 12.4. The fourth-order valence-corrected chi connectivity index (χ4v) is 5.42. The van der Waals surface area contributed by atoms with E-state index in [1.54, 1.807) is 7.11 Å². The monoisotopic (exact) mass is 517 g/mol. The van der Waals surface area contributed by atoms with Crippen molar-refractivity contribution < 1.29 is 48.2 Å². The maximum Gasteiger partial charge on any atom is 0.256 e. The molecule has 0 unspecified atom stereocenters. The van der Waals surface area contributed by atoms with Gasteiger partial charge in [-0.05, 0) is 6.92 Å². The van der Waals surface area contributed by atoms with Gasteiger partial charge in [-0.15, -0.1) is 0 Å². The van der Waals surface area contributed by atoms with Gasteiger partial charge in [-0.25, -0.2) is 0 Å². The average molecular weight is 518 g/mol. The highest BCUT2D eigenvalue weighted by molar-refractivity contribution is 5.82.